The van der Waals surface area contributed by atoms with Crippen molar-refractivity contribution >= 4 is 17.6 Å². The lowest BCUT2D eigenvalue weighted by Gasteiger charge is -2.14. The summed E-state index contributed by atoms with van der Waals surface area (Å²) in [6.07, 6.45) is 3.73. The number of nitrogens with one attached hydrogen (secondary N) is 2. The van der Waals surface area contributed by atoms with Crippen molar-refractivity contribution in [3.05, 3.63) is 53.6 Å². The highest BCUT2D eigenvalue weighted by Gasteiger charge is 2.19. The van der Waals surface area contributed by atoms with E-state index >= 15 is 0 Å². The molecule has 11 heteroatoms. The Hall–Kier alpha value is -4.30. The minimum atomic E-state index is -1.26. The Labute approximate surface area is 183 Å². The molecule has 1 aliphatic heterocycles. The summed E-state index contributed by atoms with van der Waals surface area (Å²) in [5, 5.41) is 24.3. The van der Waals surface area contributed by atoms with Gasteiger partial charge >= 0.3 is 5.97 Å². The number of nitrogens with zero attached hydrogens (tertiary/aromatic N) is 5. The average Bonchev–Trinajstić information content (AvgIpc) is 3.32. The highest BCUT2D eigenvalue weighted by Crippen LogP contribution is 2.25. The zero-order valence-corrected chi connectivity index (χ0v) is 16.9. The Balaban J connectivity index is 1.46. The van der Waals surface area contributed by atoms with Gasteiger partial charge in [0.25, 0.3) is 5.88 Å². The number of anilines is 2. The minimum absolute atomic E-state index is 0.0244. The van der Waals surface area contributed by atoms with Crippen molar-refractivity contribution in [2.45, 2.75) is 19.1 Å². The van der Waals surface area contributed by atoms with E-state index in [0.717, 1.165) is 30.6 Å². The molecule has 3 aromatic rings. The Morgan fingerprint density at radius 2 is 2.09 bits per heavy atom. The van der Waals surface area contributed by atoms with Crippen LogP contribution in [0.1, 0.15) is 28.2 Å². The molecule has 0 aliphatic carbocycles. The Bertz CT molecular complexity index is 1170. The SMILES string of the molecule is N#Cc1cnc(NCc2ccc(-c3cnc(N)c(O[C@@H]4CCNC4)n3)cc2)c(C(=O)O)n1. The molecule has 1 fully saturated rings. The van der Waals surface area contributed by atoms with Gasteiger partial charge in [0.15, 0.2) is 23.0 Å². The van der Waals surface area contributed by atoms with Gasteiger partial charge in [-0.2, -0.15) is 5.26 Å². The lowest BCUT2D eigenvalue weighted by Crippen LogP contribution is -2.21. The third-order valence-electron chi connectivity index (χ3n) is 4.86. The van der Waals surface area contributed by atoms with Gasteiger partial charge < -0.3 is 26.2 Å². The number of nitrogen functional groups attached to an aromatic ring is 1. The molecule has 1 saturated heterocycles. The fraction of sp³-hybridized carbons (Fsp3) is 0.238. The summed E-state index contributed by atoms with van der Waals surface area (Å²) in [6.45, 7) is 1.97. The van der Waals surface area contributed by atoms with Gasteiger partial charge in [0.2, 0.25) is 0 Å². The first-order chi connectivity index (χ1) is 15.5. The molecule has 0 amide bonds. The number of carboxylic acids is 1. The largest absolute Gasteiger partial charge is 0.476 e. The van der Waals surface area contributed by atoms with Gasteiger partial charge in [-0.05, 0) is 18.5 Å². The fourth-order valence-corrected chi connectivity index (χ4v) is 3.19. The van der Waals surface area contributed by atoms with Crippen LogP contribution in [0, 0.1) is 11.3 Å². The van der Waals surface area contributed by atoms with Crippen LogP contribution in [0.15, 0.2) is 36.7 Å². The molecule has 0 radical (unpaired) electrons. The average molecular weight is 432 g/mol. The number of aromatic carboxylic acids is 1. The molecular weight excluding hydrogens is 412 g/mol. The second-order valence-electron chi connectivity index (χ2n) is 7.10. The molecule has 1 aromatic carbocycles. The lowest BCUT2D eigenvalue weighted by atomic mass is 10.1. The lowest BCUT2D eigenvalue weighted by molar-refractivity contribution is 0.0691. The van der Waals surface area contributed by atoms with E-state index in [-0.39, 0.29) is 29.1 Å². The number of hydrogen-bond acceptors (Lipinski definition) is 10. The summed E-state index contributed by atoms with van der Waals surface area (Å²) in [4.78, 5) is 27.9. The van der Waals surface area contributed by atoms with E-state index in [1.54, 1.807) is 12.3 Å². The monoisotopic (exact) mass is 432 g/mol. The van der Waals surface area contributed by atoms with Crippen molar-refractivity contribution < 1.29 is 14.6 Å². The number of hydrogen-bond donors (Lipinski definition) is 4. The van der Waals surface area contributed by atoms with Gasteiger partial charge in [0.1, 0.15) is 12.2 Å². The maximum Gasteiger partial charge on any atom is 0.358 e. The van der Waals surface area contributed by atoms with Crippen molar-refractivity contribution in [3.63, 3.8) is 0 Å². The maximum absolute atomic E-state index is 11.4. The fourth-order valence-electron chi connectivity index (χ4n) is 3.19. The van der Waals surface area contributed by atoms with Crippen LogP contribution in [0.25, 0.3) is 11.3 Å². The van der Waals surface area contributed by atoms with E-state index in [1.165, 1.54) is 6.20 Å². The van der Waals surface area contributed by atoms with Crippen LogP contribution < -0.4 is 21.1 Å². The molecule has 1 aliphatic rings. The van der Waals surface area contributed by atoms with Crippen LogP contribution in [0.4, 0.5) is 11.6 Å². The van der Waals surface area contributed by atoms with Crippen LogP contribution in [0.2, 0.25) is 0 Å². The maximum atomic E-state index is 11.4. The standard InChI is InChI=1S/C21H20N8O3/c22-7-14-9-27-19(17(28-14)21(30)31)26-8-12-1-3-13(4-2-12)16-11-25-18(23)20(29-16)32-15-5-6-24-10-15/h1-4,9,11,15,24H,5-6,8,10H2,(H2,23,25)(H,26,27)(H,30,31)/t15-/m1/s1. The molecular formula is C21H20N8O3. The topological polar surface area (TPSA) is 172 Å². The molecule has 3 heterocycles. The second kappa shape index (κ2) is 9.23. The van der Waals surface area contributed by atoms with Crippen molar-refractivity contribution in [3.8, 4) is 23.2 Å². The van der Waals surface area contributed by atoms with E-state index in [2.05, 4.69) is 30.6 Å². The first-order valence-corrected chi connectivity index (χ1v) is 9.87. The van der Waals surface area contributed by atoms with Crippen LogP contribution in [0.5, 0.6) is 5.88 Å². The first kappa shape index (κ1) is 21.0. The first-order valence-electron chi connectivity index (χ1n) is 9.87. The predicted octanol–water partition coefficient (Wildman–Crippen LogP) is 1.44. The molecule has 1 atom stereocenters. The van der Waals surface area contributed by atoms with E-state index in [0.29, 0.717) is 18.1 Å². The molecule has 0 bridgehead atoms. The van der Waals surface area contributed by atoms with E-state index < -0.39 is 5.97 Å². The van der Waals surface area contributed by atoms with Gasteiger partial charge in [-0.15, -0.1) is 0 Å². The summed E-state index contributed by atoms with van der Waals surface area (Å²) < 4.78 is 5.87. The van der Waals surface area contributed by atoms with Crippen molar-refractivity contribution in [1.29, 1.82) is 5.26 Å². The summed E-state index contributed by atoms with van der Waals surface area (Å²) in [7, 11) is 0. The van der Waals surface area contributed by atoms with Gasteiger partial charge in [0, 0.05) is 18.7 Å². The van der Waals surface area contributed by atoms with Crippen LogP contribution in [0.3, 0.4) is 0 Å². The van der Waals surface area contributed by atoms with Gasteiger partial charge in [-0.3, -0.25) is 0 Å². The molecule has 0 spiro atoms. The van der Waals surface area contributed by atoms with Crippen LogP contribution in [-0.2, 0) is 6.54 Å². The Morgan fingerprint density at radius 3 is 2.78 bits per heavy atom. The summed E-state index contributed by atoms with van der Waals surface area (Å²) in [6, 6.07) is 9.28. The normalized spacial score (nSPS) is 15.2. The zero-order valence-electron chi connectivity index (χ0n) is 16.9. The Kier molecular flexibility index (Phi) is 6.05. The van der Waals surface area contributed by atoms with Crippen molar-refractivity contribution in [2.24, 2.45) is 0 Å². The molecule has 11 nitrogen and oxygen atoms in total. The minimum Gasteiger partial charge on any atom is -0.476 e. The van der Waals surface area contributed by atoms with Gasteiger partial charge in [0.05, 0.1) is 18.1 Å². The third kappa shape index (κ3) is 4.71. The highest BCUT2D eigenvalue weighted by molar-refractivity contribution is 5.90. The summed E-state index contributed by atoms with van der Waals surface area (Å²) in [5.74, 6) is -0.601. The Morgan fingerprint density at radius 1 is 1.28 bits per heavy atom. The summed E-state index contributed by atoms with van der Waals surface area (Å²) >= 11 is 0. The van der Waals surface area contributed by atoms with Crippen LogP contribution >= 0.6 is 0 Å². The molecule has 2 aromatic heterocycles. The number of carboxylic acid groups (broad SMARTS) is 1. The molecule has 0 saturated carbocycles. The number of nitriles is 1. The summed E-state index contributed by atoms with van der Waals surface area (Å²) in [5.41, 5.74) is 7.90. The van der Waals surface area contributed by atoms with E-state index in [1.807, 2.05) is 24.3 Å². The third-order valence-corrected chi connectivity index (χ3v) is 4.86. The van der Waals surface area contributed by atoms with Crippen molar-refractivity contribution in [2.75, 3.05) is 24.1 Å². The number of ether oxygens (including phenoxy) is 1. The van der Waals surface area contributed by atoms with Crippen LogP contribution in [-0.4, -0.2) is 50.2 Å². The number of aromatic nitrogens is 4. The highest BCUT2D eigenvalue weighted by atomic mass is 16.5. The van der Waals surface area contributed by atoms with Gasteiger partial charge in [-0.1, -0.05) is 24.3 Å². The van der Waals surface area contributed by atoms with E-state index in [9.17, 15) is 9.90 Å². The number of rotatable bonds is 7. The quantitative estimate of drug-likeness (QED) is 0.425. The second-order valence-corrected chi connectivity index (χ2v) is 7.10. The van der Waals surface area contributed by atoms with E-state index in [4.69, 9.17) is 15.7 Å². The smallest absolute Gasteiger partial charge is 0.358 e. The number of benzene rings is 1. The predicted molar refractivity (Wildman–Crippen MR) is 115 cm³/mol. The molecule has 5 N–H and O–H groups in total. The molecule has 162 valence electrons. The number of carbonyl (C=O) groups is 1. The molecule has 32 heavy (non-hydrogen) atoms. The van der Waals surface area contributed by atoms with Gasteiger partial charge in [-0.25, -0.2) is 24.7 Å². The molecule has 4 rings (SSSR count). The molecule has 0 unspecified atom stereocenters. The van der Waals surface area contributed by atoms with Crippen molar-refractivity contribution in [1.82, 2.24) is 25.3 Å². The zero-order chi connectivity index (χ0) is 22.5. The number of nitrogens with two attached hydrogens (primary N) is 1.